The van der Waals surface area contributed by atoms with Crippen molar-refractivity contribution in [3.8, 4) is 0 Å². The van der Waals surface area contributed by atoms with Crippen LogP contribution in [-0.4, -0.2) is 25.7 Å². The Balaban J connectivity index is 1.69. The number of amides is 1. The van der Waals surface area contributed by atoms with Crippen LogP contribution in [0, 0.1) is 10.7 Å². The average Bonchev–Trinajstić information content (AvgIpc) is 2.97. The second-order valence-corrected chi connectivity index (χ2v) is 9.30. The van der Waals surface area contributed by atoms with E-state index in [-0.39, 0.29) is 11.9 Å². The molecule has 0 bridgehead atoms. The molecule has 148 valence electrons. The van der Waals surface area contributed by atoms with Gasteiger partial charge in [-0.1, -0.05) is 31.4 Å². The molecule has 2 aliphatic rings. The lowest BCUT2D eigenvalue weighted by atomic mass is 9.84. The average molecular weight is 400 g/mol. The van der Waals surface area contributed by atoms with Crippen LogP contribution in [0.1, 0.15) is 48.2 Å². The molecule has 3 N–H and O–H groups in total. The molecule has 0 spiro atoms. The fraction of sp³-hybridized carbons (Fsp3) is 0.400. The third-order valence-corrected chi connectivity index (χ3v) is 7.13. The molecule has 2 aromatic heterocycles. The minimum atomic E-state index is -3.21. The molecule has 1 amide bonds. The highest BCUT2D eigenvalue weighted by Crippen LogP contribution is 2.32. The minimum Gasteiger partial charge on any atom is -0.345 e. The van der Waals surface area contributed by atoms with Crippen LogP contribution < -0.4 is 10.0 Å². The Labute approximate surface area is 165 Å². The zero-order chi connectivity index (χ0) is 19.7. The zero-order valence-electron chi connectivity index (χ0n) is 15.9. The van der Waals surface area contributed by atoms with E-state index in [9.17, 15) is 9.00 Å². The first-order valence-electron chi connectivity index (χ1n) is 9.61. The maximum Gasteiger partial charge on any atom is 0.272 e. The molecule has 0 radical (unpaired) electrons. The molecule has 0 aromatic carbocycles. The van der Waals surface area contributed by atoms with Gasteiger partial charge in [-0.05, 0) is 30.9 Å². The van der Waals surface area contributed by atoms with E-state index in [4.69, 9.17) is 4.78 Å². The molecule has 28 heavy (non-hydrogen) atoms. The van der Waals surface area contributed by atoms with Gasteiger partial charge >= 0.3 is 0 Å². The number of aryl methyl sites for hydroxylation is 1. The van der Waals surface area contributed by atoms with Crippen molar-refractivity contribution in [2.75, 3.05) is 5.32 Å². The summed E-state index contributed by atoms with van der Waals surface area (Å²) in [5.74, 6) is 0.0777. The smallest absolute Gasteiger partial charge is 0.272 e. The van der Waals surface area contributed by atoms with Crippen LogP contribution in [-0.2, 0) is 17.0 Å². The van der Waals surface area contributed by atoms with Gasteiger partial charge in [0.05, 0.1) is 4.90 Å². The Morgan fingerprint density at radius 1 is 1.29 bits per heavy atom. The third-order valence-electron chi connectivity index (χ3n) is 5.58. The molecule has 0 saturated heterocycles. The summed E-state index contributed by atoms with van der Waals surface area (Å²) in [6.07, 6.45) is 14.4. The van der Waals surface area contributed by atoms with E-state index >= 15 is 0 Å². The highest BCUT2D eigenvalue weighted by Gasteiger charge is 2.31. The summed E-state index contributed by atoms with van der Waals surface area (Å²) in [6, 6.07) is 3.31. The van der Waals surface area contributed by atoms with Crippen molar-refractivity contribution >= 4 is 27.6 Å². The van der Waals surface area contributed by atoms with Gasteiger partial charge < -0.3 is 9.88 Å². The number of nitrogens with zero attached hydrogens (tertiary/aromatic N) is 2. The van der Waals surface area contributed by atoms with Gasteiger partial charge in [-0.15, -0.1) is 0 Å². The number of hydrogen-bond donors (Lipinski definition) is 3. The molecular formula is C20H25N5O2S. The van der Waals surface area contributed by atoms with Crippen LogP contribution in [0.25, 0.3) is 6.08 Å². The van der Waals surface area contributed by atoms with E-state index in [1.807, 2.05) is 12.2 Å². The van der Waals surface area contributed by atoms with E-state index in [0.717, 1.165) is 12.8 Å². The highest BCUT2D eigenvalue weighted by atomic mass is 32.2. The van der Waals surface area contributed by atoms with Crippen LogP contribution in [0.3, 0.4) is 0 Å². The highest BCUT2D eigenvalue weighted by molar-refractivity contribution is 7.90. The summed E-state index contributed by atoms with van der Waals surface area (Å²) in [6.45, 7) is 0. The molecule has 7 nitrogen and oxygen atoms in total. The summed E-state index contributed by atoms with van der Waals surface area (Å²) in [5.41, 5.74) is 1.59. The van der Waals surface area contributed by atoms with Crippen LogP contribution in [0.15, 0.2) is 41.7 Å². The maximum absolute atomic E-state index is 13.2. The number of aromatic nitrogens is 2. The zero-order valence-corrected chi connectivity index (χ0v) is 16.7. The monoisotopic (exact) mass is 399 g/mol. The predicted molar refractivity (Wildman–Crippen MR) is 109 cm³/mol. The molecule has 2 atom stereocenters. The van der Waals surface area contributed by atoms with Crippen molar-refractivity contribution in [2.24, 2.45) is 13.0 Å². The van der Waals surface area contributed by atoms with Gasteiger partial charge in [0.1, 0.15) is 15.6 Å². The first-order valence-corrected chi connectivity index (χ1v) is 11.2. The quantitative estimate of drug-likeness (QED) is 0.736. The van der Waals surface area contributed by atoms with Gasteiger partial charge in [-0.2, -0.15) is 0 Å². The summed E-state index contributed by atoms with van der Waals surface area (Å²) in [4.78, 5) is 17.2. The molecule has 1 aliphatic heterocycles. The van der Waals surface area contributed by atoms with E-state index in [2.05, 4.69) is 15.0 Å². The maximum atomic E-state index is 13.2. The first-order chi connectivity index (χ1) is 13.5. The number of carbonyl (C=O) groups is 1. The normalized spacial score (nSPS) is 25.1. The summed E-state index contributed by atoms with van der Waals surface area (Å²) in [7, 11) is -1.47. The Hall–Kier alpha value is -2.45. The Morgan fingerprint density at radius 2 is 2.00 bits per heavy atom. The molecule has 1 aliphatic carbocycles. The fourth-order valence-corrected chi connectivity index (χ4v) is 5.72. The molecule has 1 fully saturated rings. The second-order valence-electron chi connectivity index (χ2n) is 7.51. The molecule has 3 heterocycles. The number of pyridine rings is 1. The van der Waals surface area contributed by atoms with Gasteiger partial charge in [0, 0.05) is 42.9 Å². The first kappa shape index (κ1) is 18.9. The summed E-state index contributed by atoms with van der Waals surface area (Å²) < 4.78 is 26.4. The number of carbonyl (C=O) groups excluding carboxylic acids is 1. The number of fused-ring (bicyclic) bond motifs is 1. The van der Waals surface area contributed by atoms with E-state index in [1.54, 1.807) is 42.3 Å². The van der Waals surface area contributed by atoms with Gasteiger partial charge in [-0.25, -0.2) is 13.7 Å². The third kappa shape index (κ3) is 3.62. The van der Waals surface area contributed by atoms with E-state index in [1.165, 1.54) is 19.3 Å². The number of nitrogens with one attached hydrogen (secondary N) is 3. The van der Waals surface area contributed by atoms with Crippen LogP contribution in [0.5, 0.6) is 0 Å². The van der Waals surface area contributed by atoms with Crippen LogP contribution in [0.2, 0.25) is 0 Å². The number of hydrogen-bond acceptors (Lipinski definition) is 4. The second kappa shape index (κ2) is 7.52. The Kier molecular flexibility index (Phi) is 5.07. The summed E-state index contributed by atoms with van der Waals surface area (Å²) in [5, 5.41) is 2.85. The van der Waals surface area contributed by atoms with Gasteiger partial charge in [0.15, 0.2) is 0 Å². The SMILES string of the molecule is Cn1cc2c(c1C(=O)Nc1ccncc1)C=CC(C1CCCCC1)NS2(=N)=O. The molecule has 2 aromatic rings. The Bertz CT molecular complexity index is 1000. The lowest BCUT2D eigenvalue weighted by Crippen LogP contribution is -2.38. The van der Waals surface area contributed by atoms with Crippen LogP contribution in [0.4, 0.5) is 5.69 Å². The molecule has 4 rings (SSSR count). The van der Waals surface area contributed by atoms with Gasteiger partial charge in [0.2, 0.25) is 0 Å². The topological polar surface area (TPSA) is 99.9 Å². The minimum absolute atomic E-state index is 0.112. The van der Waals surface area contributed by atoms with Gasteiger partial charge in [-0.3, -0.25) is 9.78 Å². The lowest BCUT2D eigenvalue weighted by Gasteiger charge is -2.28. The largest absolute Gasteiger partial charge is 0.345 e. The molecular weight excluding hydrogens is 374 g/mol. The molecule has 2 unspecified atom stereocenters. The Morgan fingerprint density at radius 3 is 2.71 bits per heavy atom. The van der Waals surface area contributed by atoms with Crippen molar-refractivity contribution in [2.45, 2.75) is 43.0 Å². The standard InChI is InChI=1S/C20H25N5O2S/c1-25-13-18-16(19(25)20(26)23-15-9-11-22-12-10-15)7-8-17(24-28(18,21)27)14-5-3-2-4-6-14/h7-14,17H,2-6H2,1H3,(H2,21,24,27)(H,22,23,26). The van der Waals surface area contributed by atoms with Crippen molar-refractivity contribution < 1.29 is 9.00 Å². The van der Waals surface area contributed by atoms with E-state index in [0.29, 0.717) is 27.8 Å². The van der Waals surface area contributed by atoms with E-state index < -0.39 is 9.92 Å². The van der Waals surface area contributed by atoms with Crippen LogP contribution >= 0.6 is 0 Å². The molecule has 8 heteroatoms. The van der Waals surface area contributed by atoms with Crippen molar-refractivity contribution in [3.63, 3.8) is 0 Å². The molecule has 1 saturated carbocycles. The lowest BCUT2D eigenvalue weighted by molar-refractivity contribution is 0.101. The van der Waals surface area contributed by atoms with Crippen molar-refractivity contribution in [1.82, 2.24) is 14.3 Å². The van der Waals surface area contributed by atoms with Gasteiger partial charge in [0.25, 0.3) is 5.91 Å². The fourth-order valence-electron chi connectivity index (χ4n) is 4.16. The summed E-state index contributed by atoms with van der Waals surface area (Å²) >= 11 is 0. The van der Waals surface area contributed by atoms with Crippen molar-refractivity contribution in [1.29, 1.82) is 4.78 Å². The number of anilines is 1. The number of rotatable bonds is 3. The van der Waals surface area contributed by atoms with Crippen molar-refractivity contribution in [3.05, 3.63) is 48.1 Å². The predicted octanol–water partition coefficient (Wildman–Crippen LogP) is 3.56.